The highest BCUT2D eigenvalue weighted by Gasteiger charge is 2.15. The topological polar surface area (TPSA) is 97.5 Å². The fourth-order valence-electron chi connectivity index (χ4n) is 2.78. The number of aromatic amines is 1. The number of hydrogen-bond acceptors (Lipinski definition) is 6. The van der Waals surface area contributed by atoms with Crippen molar-refractivity contribution in [2.75, 3.05) is 18.0 Å². The van der Waals surface area contributed by atoms with Gasteiger partial charge in [-0.1, -0.05) is 0 Å². The van der Waals surface area contributed by atoms with Gasteiger partial charge >= 0.3 is 0 Å². The van der Waals surface area contributed by atoms with Crippen LogP contribution in [0.25, 0.3) is 11.5 Å². The van der Waals surface area contributed by atoms with Crippen LogP contribution in [0.4, 0.5) is 5.82 Å². The molecule has 0 atom stereocenters. The van der Waals surface area contributed by atoms with E-state index < -0.39 is 0 Å². The third-order valence-corrected chi connectivity index (χ3v) is 3.97. The molecule has 0 aliphatic carbocycles. The van der Waals surface area contributed by atoms with E-state index in [9.17, 15) is 4.79 Å². The van der Waals surface area contributed by atoms with E-state index in [1.54, 1.807) is 6.20 Å². The second-order valence-electron chi connectivity index (χ2n) is 5.42. The van der Waals surface area contributed by atoms with E-state index >= 15 is 0 Å². The van der Waals surface area contributed by atoms with Gasteiger partial charge in [0.25, 0.3) is 5.56 Å². The summed E-state index contributed by atoms with van der Waals surface area (Å²) in [5, 5.41) is 6.89. The molecule has 0 unspecified atom stereocenters. The molecule has 3 aromatic rings. The summed E-state index contributed by atoms with van der Waals surface area (Å²) in [7, 11) is 0. The summed E-state index contributed by atoms with van der Waals surface area (Å²) in [4.78, 5) is 27.1. The lowest BCUT2D eigenvalue weighted by Crippen LogP contribution is -2.30. The zero-order chi connectivity index (χ0) is 15.6. The summed E-state index contributed by atoms with van der Waals surface area (Å²) in [6.07, 6.45) is 9.52. The van der Waals surface area contributed by atoms with Crippen molar-refractivity contribution in [3.05, 3.63) is 41.6 Å². The molecular formula is C14H16N8O. The molecule has 4 heterocycles. The molecule has 1 saturated heterocycles. The maximum Gasteiger partial charge on any atom is 0.298 e. The molecule has 4 rings (SSSR count). The first kappa shape index (κ1) is 13.7. The van der Waals surface area contributed by atoms with E-state index in [1.807, 2.05) is 6.07 Å². The molecule has 1 N–H and O–H groups in total. The normalized spacial score (nSPS) is 15.0. The third kappa shape index (κ3) is 2.50. The Balaban J connectivity index is 1.70. The monoisotopic (exact) mass is 312 g/mol. The van der Waals surface area contributed by atoms with E-state index in [0.717, 1.165) is 31.7 Å². The molecule has 9 heteroatoms. The molecule has 0 amide bonds. The number of piperidine rings is 1. The standard InChI is InChI=1S/C14H16N8O/c23-14-11(21-10-15-8-19-21)7-18-22(14)13-6-12(16-9-17-13)20-4-2-1-3-5-20/h6-10,18H,1-5H2. The van der Waals surface area contributed by atoms with Crippen molar-refractivity contribution >= 4 is 5.82 Å². The van der Waals surface area contributed by atoms with Crippen LogP contribution < -0.4 is 10.5 Å². The van der Waals surface area contributed by atoms with Crippen LogP contribution >= 0.6 is 0 Å². The molecular weight excluding hydrogens is 296 g/mol. The lowest BCUT2D eigenvalue weighted by atomic mass is 10.1. The Hall–Kier alpha value is -2.97. The first-order valence-electron chi connectivity index (χ1n) is 7.56. The SMILES string of the molecule is O=c1c(-n2cncn2)c[nH]n1-c1cc(N2CCCCC2)ncn1. The number of aromatic nitrogens is 7. The molecule has 3 aromatic heterocycles. The van der Waals surface area contributed by atoms with Gasteiger partial charge in [0.05, 0.1) is 6.20 Å². The summed E-state index contributed by atoms with van der Waals surface area (Å²) in [6.45, 7) is 1.97. The first-order valence-corrected chi connectivity index (χ1v) is 7.56. The average molecular weight is 312 g/mol. The molecule has 9 nitrogen and oxygen atoms in total. The smallest absolute Gasteiger partial charge is 0.298 e. The van der Waals surface area contributed by atoms with Crippen LogP contribution in [0.3, 0.4) is 0 Å². The Morgan fingerprint density at radius 1 is 1.04 bits per heavy atom. The van der Waals surface area contributed by atoms with Crippen LogP contribution in [-0.2, 0) is 0 Å². The van der Waals surface area contributed by atoms with E-state index in [1.165, 1.54) is 34.8 Å². The van der Waals surface area contributed by atoms with Gasteiger partial charge in [0.2, 0.25) is 0 Å². The second kappa shape index (κ2) is 5.67. The number of hydrogen-bond donors (Lipinski definition) is 1. The molecule has 118 valence electrons. The second-order valence-corrected chi connectivity index (χ2v) is 5.42. The van der Waals surface area contributed by atoms with Gasteiger partial charge in [-0.05, 0) is 19.3 Å². The van der Waals surface area contributed by atoms with Crippen molar-refractivity contribution < 1.29 is 0 Å². The Morgan fingerprint density at radius 3 is 2.65 bits per heavy atom. The van der Waals surface area contributed by atoms with Gasteiger partial charge < -0.3 is 4.90 Å². The third-order valence-electron chi connectivity index (χ3n) is 3.97. The van der Waals surface area contributed by atoms with E-state index in [0.29, 0.717) is 11.5 Å². The quantitative estimate of drug-likeness (QED) is 0.757. The Morgan fingerprint density at radius 2 is 1.87 bits per heavy atom. The van der Waals surface area contributed by atoms with Gasteiger partial charge in [0, 0.05) is 19.2 Å². The van der Waals surface area contributed by atoms with E-state index in [4.69, 9.17) is 0 Å². The predicted molar refractivity (Wildman–Crippen MR) is 83.0 cm³/mol. The highest BCUT2D eigenvalue weighted by Crippen LogP contribution is 2.18. The van der Waals surface area contributed by atoms with Crippen LogP contribution in [-0.4, -0.2) is 47.6 Å². The van der Waals surface area contributed by atoms with Gasteiger partial charge in [-0.2, -0.15) is 9.78 Å². The summed E-state index contributed by atoms with van der Waals surface area (Å²) in [5.41, 5.74) is 0.152. The lowest BCUT2D eigenvalue weighted by molar-refractivity contribution is 0.572. The highest BCUT2D eigenvalue weighted by atomic mass is 16.1. The number of H-pyrrole nitrogens is 1. The van der Waals surface area contributed by atoms with Gasteiger partial charge in [0.15, 0.2) is 11.5 Å². The van der Waals surface area contributed by atoms with Crippen molar-refractivity contribution in [1.82, 2.24) is 34.5 Å². The molecule has 0 spiro atoms. The Labute approximate surface area is 131 Å². The van der Waals surface area contributed by atoms with Crippen LogP contribution in [0.5, 0.6) is 0 Å². The predicted octanol–water partition coefficient (Wildman–Crippen LogP) is 0.527. The highest BCUT2D eigenvalue weighted by molar-refractivity contribution is 5.44. The van der Waals surface area contributed by atoms with Gasteiger partial charge in [0.1, 0.15) is 24.8 Å². The van der Waals surface area contributed by atoms with Crippen molar-refractivity contribution in [1.29, 1.82) is 0 Å². The minimum atomic E-state index is -0.237. The minimum absolute atomic E-state index is 0.237. The number of nitrogens with zero attached hydrogens (tertiary/aromatic N) is 7. The van der Waals surface area contributed by atoms with E-state index in [2.05, 4.69) is 30.0 Å². The molecule has 0 saturated carbocycles. The molecule has 1 aliphatic heterocycles. The largest absolute Gasteiger partial charge is 0.356 e. The maximum atomic E-state index is 12.5. The molecule has 1 fully saturated rings. The van der Waals surface area contributed by atoms with Crippen molar-refractivity contribution in [3.8, 4) is 11.5 Å². The molecule has 0 radical (unpaired) electrons. The zero-order valence-corrected chi connectivity index (χ0v) is 12.5. The summed E-state index contributed by atoms with van der Waals surface area (Å²) in [6, 6.07) is 1.83. The molecule has 0 bridgehead atoms. The van der Waals surface area contributed by atoms with Crippen LogP contribution in [0.15, 0.2) is 36.0 Å². The van der Waals surface area contributed by atoms with Crippen LogP contribution in [0, 0.1) is 0 Å². The molecule has 23 heavy (non-hydrogen) atoms. The average Bonchev–Trinajstić information content (AvgIpc) is 3.25. The van der Waals surface area contributed by atoms with Crippen molar-refractivity contribution in [2.24, 2.45) is 0 Å². The minimum Gasteiger partial charge on any atom is -0.356 e. The van der Waals surface area contributed by atoms with Crippen molar-refractivity contribution in [2.45, 2.75) is 19.3 Å². The lowest BCUT2D eigenvalue weighted by Gasteiger charge is -2.27. The van der Waals surface area contributed by atoms with Crippen LogP contribution in [0.1, 0.15) is 19.3 Å². The number of rotatable bonds is 3. The Bertz CT molecular complexity index is 844. The first-order chi connectivity index (χ1) is 11.3. The molecule has 1 aliphatic rings. The zero-order valence-electron chi connectivity index (χ0n) is 12.5. The van der Waals surface area contributed by atoms with Gasteiger partial charge in [-0.15, -0.1) is 0 Å². The molecule has 0 aromatic carbocycles. The van der Waals surface area contributed by atoms with E-state index in [-0.39, 0.29) is 5.56 Å². The summed E-state index contributed by atoms with van der Waals surface area (Å²) >= 11 is 0. The number of nitrogens with one attached hydrogen (secondary N) is 1. The summed E-state index contributed by atoms with van der Waals surface area (Å²) < 4.78 is 2.80. The van der Waals surface area contributed by atoms with Crippen LogP contribution in [0.2, 0.25) is 0 Å². The van der Waals surface area contributed by atoms with Crippen molar-refractivity contribution in [3.63, 3.8) is 0 Å². The fraction of sp³-hybridized carbons (Fsp3) is 0.357. The summed E-state index contributed by atoms with van der Waals surface area (Å²) in [5.74, 6) is 1.36. The van der Waals surface area contributed by atoms with Gasteiger partial charge in [-0.25, -0.2) is 19.6 Å². The number of anilines is 1. The maximum absolute atomic E-state index is 12.5. The van der Waals surface area contributed by atoms with Gasteiger partial charge in [-0.3, -0.25) is 9.89 Å². The fourth-order valence-corrected chi connectivity index (χ4v) is 2.78. The Kier molecular flexibility index (Phi) is 3.37.